The summed E-state index contributed by atoms with van der Waals surface area (Å²) in [6.45, 7) is 0.973. The molecule has 0 bridgehead atoms. The fourth-order valence-electron chi connectivity index (χ4n) is 2.08. The molecule has 0 aliphatic rings. The number of hydrogen-bond donors (Lipinski definition) is 0. The van der Waals surface area contributed by atoms with Gasteiger partial charge in [0.05, 0.1) is 6.61 Å². The van der Waals surface area contributed by atoms with Crippen LogP contribution in [0.4, 0.5) is 4.39 Å². The third-order valence-electron chi connectivity index (χ3n) is 3.03. The predicted molar refractivity (Wildman–Crippen MR) is 70.4 cm³/mol. The van der Waals surface area contributed by atoms with Gasteiger partial charge in [-0.15, -0.1) is 0 Å². The number of aryl methyl sites for hydroxylation is 1. The maximum atomic E-state index is 13.0. The van der Waals surface area contributed by atoms with Crippen molar-refractivity contribution >= 4 is 17.4 Å². The van der Waals surface area contributed by atoms with Crippen molar-refractivity contribution in [2.75, 3.05) is 6.61 Å². The van der Waals surface area contributed by atoms with Gasteiger partial charge in [-0.3, -0.25) is 4.79 Å². The fourth-order valence-corrected chi connectivity index (χ4v) is 2.08. The SMILES string of the molecule is O=COCCCCCCc1cc2cc(F)ccc2o1. The van der Waals surface area contributed by atoms with E-state index in [0.717, 1.165) is 48.8 Å². The molecular weight excluding hydrogens is 247 g/mol. The summed E-state index contributed by atoms with van der Waals surface area (Å²) in [5.41, 5.74) is 0.732. The van der Waals surface area contributed by atoms with Crippen LogP contribution in [0.15, 0.2) is 28.7 Å². The van der Waals surface area contributed by atoms with Crippen molar-refractivity contribution in [3.63, 3.8) is 0 Å². The monoisotopic (exact) mass is 264 g/mol. The number of carbonyl (C=O) groups excluding carboxylic acids is 1. The number of unbranched alkanes of at least 4 members (excludes halogenated alkanes) is 3. The van der Waals surface area contributed by atoms with E-state index in [4.69, 9.17) is 4.42 Å². The molecule has 0 N–H and O–H groups in total. The van der Waals surface area contributed by atoms with Crippen molar-refractivity contribution in [1.82, 2.24) is 0 Å². The van der Waals surface area contributed by atoms with E-state index >= 15 is 0 Å². The van der Waals surface area contributed by atoms with Gasteiger partial charge in [0.15, 0.2) is 0 Å². The van der Waals surface area contributed by atoms with Gasteiger partial charge in [-0.2, -0.15) is 0 Å². The highest BCUT2D eigenvalue weighted by Crippen LogP contribution is 2.21. The van der Waals surface area contributed by atoms with Gasteiger partial charge in [0.2, 0.25) is 0 Å². The predicted octanol–water partition coefficient (Wildman–Crippen LogP) is 3.85. The number of rotatable bonds is 8. The van der Waals surface area contributed by atoms with Crippen molar-refractivity contribution in [3.05, 3.63) is 35.8 Å². The molecule has 0 spiro atoms. The number of hydrogen-bond acceptors (Lipinski definition) is 3. The molecular formula is C15H17FO3. The molecule has 0 fully saturated rings. The van der Waals surface area contributed by atoms with Gasteiger partial charge in [-0.1, -0.05) is 12.8 Å². The molecule has 0 unspecified atom stereocenters. The Labute approximate surface area is 111 Å². The molecule has 1 aromatic heterocycles. The summed E-state index contributed by atoms with van der Waals surface area (Å²) in [6, 6.07) is 6.45. The highest BCUT2D eigenvalue weighted by atomic mass is 19.1. The zero-order valence-electron chi connectivity index (χ0n) is 10.7. The molecule has 19 heavy (non-hydrogen) atoms. The Bertz CT molecular complexity index is 533. The zero-order chi connectivity index (χ0) is 13.5. The molecule has 0 atom stereocenters. The van der Waals surface area contributed by atoms with Gasteiger partial charge in [-0.05, 0) is 37.1 Å². The Hall–Kier alpha value is -1.84. The van der Waals surface area contributed by atoms with Crippen LogP contribution in [-0.4, -0.2) is 13.1 Å². The molecule has 0 aliphatic carbocycles. The highest BCUT2D eigenvalue weighted by Gasteiger charge is 2.04. The third kappa shape index (κ3) is 4.09. The number of fused-ring (bicyclic) bond motifs is 1. The van der Waals surface area contributed by atoms with Gasteiger partial charge < -0.3 is 9.15 Å². The van der Waals surface area contributed by atoms with Crippen molar-refractivity contribution in [2.45, 2.75) is 32.1 Å². The smallest absolute Gasteiger partial charge is 0.293 e. The Morgan fingerprint density at radius 3 is 2.84 bits per heavy atom. The molecule has 3 nitrogen and oxygen atoms in total. The van der Waals surface area contributed by atoms with Crippen LogP contribution >= 0.6 is 0 Å². The number of benzene rings is 1. The first-order valence-electron chi connectivity index (χ1n) is 6.53. The largest absolute Gasteiger partial charge is 0.468 e. The first-order chi connectivity index (χ1) is 9.29. The van der Waals surface area contributed by atoms with Crippen molar-refractivity contribution in [3.8, 4) is 0 Å². The molecule has 0 saturated carbocycles. The highest BCUT2D eigenvalue weighted by molar-refractivity contribution is 5.77. The lowest BCUT2D eigenvalue weighted by atomic mass is 10.1. The van der Waals surface area contributed by atoms with E-state index in [9.17, 15) is 9.18 Å². The normalized spacial score (nSPS) is 10.8. The maximum absolute atomic E-state index is 13.0. The molecule has 0 saturated heterocycles. The summed E-state index contributed by atoms with van der Waals surface area (Å²) in [5.74, 6) is 0.653. The van der Waals surface area contributed by atoms with Crippen LogP contribution in [0.5, 0.6) is 0 Å². The summed E-state index contributed by atoms with van der Waals surface area (Å²) in [4.78, 5) is 9.93. The second kappa shape index (κ2) is 6.92. The van der Waals surface area contributed by atoms with Gasteiger partial charge in [0.1, 0.15) is 17.2 Å². The van der Waals surface area contributed by atoms with E-state index in [-0.39, 0.29) is 5.82 Å². The topological polar surface area (TPSA) is 39.4 Å². The minimum absolute atomic E-state index is 0.241. The second-order valence-electron chi connectivity index (χ2n) is 4.53. The zero-order valence-corrected chi connectivity index (χ0v) is 10.7. The maximum Gasteiger partial charge on any atom is 0.293 e. The quantitative estimate of drug-likeness (QED) is 0.537. The standard InChI is InChI=1S/C15H17FO3/c16-13-6-7-15-12(9-13)10-14(19-15)5-3-1-2-4-8-18-11-17/h6-7,9-11H,1-5,8H2. The third-order valence-corrected chi connectivity index (χ3v) is 3.03. The van der Waals surface area contributed by atoms with Crippen LogP contribution in [0, 0.1) is 5.82 Å². The van der Waals surface area contributed by atoms with Crippen LogP contribution in [0.2, 0.25) is 0 Å². The van der Waals surface area contributed by atoms with E-state index < -0.39 is 0 Å². The lowest BCUT2D eigenvalue weighted by Crippen LogP contribution is -1.91. The fraction of sp³-hybridized carbons (Fsp3) is 0.400. The molecule has 1 heterocycles. The molecule has 1 aromatic carbocycles. The van der Waals surface area contributed by atoms with E-state index in [1.165, 1.54) is 12.1 Å². The number of carbonyl (C=O) groups is 1. The van der Waals surface area contributed by atoms with Crippen molar-refractivity contribution in [1.29, 1.82) is 0 Å². The molecule has 4 heteroatoms. The van der Waals surface area contributed by atoms with E-state index in [0.29, 0.717) is 13.1 Å². The molecule has 2 rings (SSSR count). The van der Waals surface area contributed by atoms with Crippen molar-refractivity contribution < 1.29 is 18.3 Å². The summed E-state index contributed by atoms with van der Waals surface area (Å²) < 4.78 is 23.3. The van der Waals surface area contributed by atoms with E-state index in [1.807, 2.05) is 6.07 Å². The van der Waals surface area contributed by atoms with Gasteiger partial charge in [0, 0.05) is 11.8 Å². The lowest BCUT2D eigenvalue weighted by Gasteiger charge is -1.99. The average Bonchev–Trinajstić information content (AvgIpc) is 2.79. The van der Waals surface area contributed by atoms with Crippen molar-refractivity contribution in [2.24, 2.45) is 0 Å². The first-order valence-corrected chi connectivity index (χ1v) is 6.53. The minimum Gasteiger partial charge on any atom is -0.468 e. The molecule has 2 aromatic rings. The number of furan rings is 1. The Morgan fingerprint density at radius 2 is 2.00 bits per heavy atom. The van der Waals surface area contributed by atoms with Gasteiger partial charge >= 0.3 is 0 Å². The van der Waals surface area contributed by atoms with Gasteiger partial charge in [-0.25, -0.2) is 4.39 Å². The lowest BCUT2D eigenvalue weighted by molar-refractivity contribution is -0.128. The first kappa shape index (κ1) is 13.6. The van der Waals surface area contributed by atoms with Crippen LogP contribution in [0.25, 0.3) is 11.0 Å². The summed E-state index contributed by atoms with van der Waals surface area (Å²) in [6.07, 6.45) is 4.86. The average molecular weight is 264 g/mol. The second-order valence-corrected chi connectivity index (χ2v) is 4.53. The van der Waals surface area contributed by atoms with Gasteiger partial charge in [0.25, 0.3) is 6.47 Å². The van der Waals surface area contributed by atoms with Crippen LogP contribution in [0.3, 0.4) is 0 Å². The van der Waals surface area contributed by atoms with Crippen LogP contribution < -0.4 is 0 Å². The minimum atomic E-state index is -0.241. The molecule has 0 radical (unpaired) electrons. The Morgan fingerprint density at radius 1 is 1.16 bits per heavy atom. The molecule has 0 aliphatic heterocycles. The summed E-state index contributed by atoms with van der Waals surface area (Å²) in [5, 5.41) is 0.814. The number of halogens is 1. The van der Waals surface area contributed by atoms with Crippen LogP contribution in [-0.2, 0) is 16.0 Å². The molecule has 0 amide bonds. The Kier molecular flexibility index (Phi) is 4.95. The molecule has 102 valence electrons. The van der Waals surface area contributed by atoms with E-state index in [2.05, 4.69) is 4.74 Å². The Balaban J connectivity index is 1.74. The summed E-state index contributed by atoms with van der Waals surface area (Å²) in [7, 11) is 0. The van der Waals surface area contributed by atoms with E-state index in [1.54, 1.807) is 6.07 Å². The van der Waals surface area contributed by atoms with Crippen LogP contribution in [0.1, 0.15) is 31.4 Å². The number of ether oxygens (including phenoxy) is 1. The summed E-state index contributed by atoms with van der Waals surface area (Å²) >= 11 is 0.